The Balaban J connectivity index is 3.13. The summed E-state index contributed by atoms with van der Waals surface area (Å²) >= 11 is 1.85. The SMILES string of the molecule is NC(I)CC(=O)O. The molecule has 0 spiro atoms. The van der Waals surface area contributed by atoms with Gasteiger partial charge in [0.15, 0.2) is 0 Å². The van der Waals surface area contributed by atoms with Crippen LogP contribution in [0.3, 0.4) is 0 Å². The van der Waals surface area contributed by atoms with Crippen molar-refractivity contribution >= 4 is 28.6 Å². The smallest absolute Gasteiger partial charge is 0.305 e. The van der Waals surface area contributed by atoms with Crippen LogP contribution < -0.4 is 5.73 Å². The maximum absolute atomic E-state index is 9.72. The zero-order valence-corrected chi connectivity index (χ0v) is 5.75. The van der Waals surface area contributed by atoms with Gasteiger partial charge < -0.3 is 10.8 Å². The molecule has 0 saturated carbocycles. The van der Waals surface area contributed by atoms with Crippen molar-refractivity contribution < 1.29 is 9.90 Å². The molecule has 3 nitrogen and oxygen atoms in total. The van der Waals surface area contributed by atoms with Gasteiger partial charge in [-0.2, -0.15) is 0 Å². The second-order valence-electron chi connectivity index (χ2n) is 1.11. The lowest BCUT2D eigenvalue weighted by molar-refractivity contribution is -0.136. The van der Waals surface area contributed by atoms with E-state index in [1.807, 2.05) is 22.6 Å². The standard InChI is InChI=1S/C3H6INO2/c4-2(5)1-3(6)7/h2H,1,5H2,(H,6,7). The van der Waals surface area contributed by atoms with Gasteiger partial charge >= 0.3 is 5.97 Å². The average molecular weight is 215 g/mol. The molecule has 0 fully saturated rings. The first kappa shape index (κ1) is 7.16. The Kier molecular flexibility index (Phi) is 3.27. The van der Waals surface area contributed by atoms with E-state index in [9.17, 15) is 4.79 Å². The van der Waals surface area contributed by atoms with Gasteiger partial charge in [-0.25, -0.2) is 0 Å². The highest BCUT2D eigenvalue weighted by atomic mass is 127. The second kappa shape index (κ2) is 3.20. The van der Waals surface area contributed by atoms with Crippen molar-refractivity contribution in [2.45, 2.75) is 10.5 Å². The molecule has 0 saturated heterocycles. The summed E-state index contributed by atoms with van der Waals surface area (Å²) in [5.74, 6) is -0.845. The van der Waals surface area contributed by atoms with E-state index < -0.39 is 5.97 Å². The maximum atomic E-state index is 9.72. The van der Waals surface area contributed by atoms with E-state index >= 15 is 0 Å². The van der Waals surface area contributed by atoms with Gasteiger partial charge in [-0.15, -0.1) is 0 Å². The van der Waals surface area contributed by atoms with E-state index in [1.54, 1.807) is 0 Å². The maximum Gasteiger partial charge on any atom is 0.305 e. The first-order chi connectivity index (χ1) is 3.13. The monoisotopic (exact) mass is 215 g/mol. The minimum Gasteiger partial charge on any atom is -0.481 e. The Labute approximate surface area is 55.0 Å². The highest BCUT2D eigenvalue weighted by Gasteiger charge is 2.00. The molecule has 0 rings (SSSR count). The van der Waals surface area contributed by atoms with Gasteiger partial charge in [-0.3, -0.25) is 4.79 Å². The summed E-state index contributed by atoms with van der Waals surface area (Å²) in [6.45, 7) is 0. The number of rotatable bonds is 2. The summed E-state index contributed by atoms with van der Waals surface area (Å²) in [7, 11) is 0. The van der Waals surface area contributed by atoms with E-state index in [2.05, 4.69) is 0 Å². The number of nitrogens with two attached hydrogens (primary N) is 1. The van der Waals surface area contributed by atoms with E-state index in [4.69, 9.17) is 10.8 Å². The first-order valence-corrected chi connectivity index (χ1v) is 2.99. The number of hydrogen-bond acceptors (Lipinski definition) is 2. The molecule has 0 aliphatic heterocycles. The minimum absolute atomic E-state index is 0.0422. The lowest BCUT2D eigenvalue weighted by atomic mass is 10.5. The summed E-state index contributed by atoms with van der Waals surface area (Å²) in [5.41, 5.74) is 5.10. The molecule has 0 aromatic rings. The number of hydrogen-bond donors (Lipinski definition) is 2. The lowest BCUT2D eigenvalue weighted by Gasteiger charge is -1.93. The normalized spacial score (nSPS) is 13.4. The van der Waals surface area contributed by atoms with Gasteiger partial charge in [-0.1, -0.05) is 22.6 Å². The zero-order valence-electron chi connectivity index (χ0n) is 3.60. The third-order valence-corrected chi connectivity index (χ3v) is 0.810. The molecule has 7 heavy (non-hydrogen) atoms. The van der Waals surface area contributed by atoms with E-state index in [0.29, 0.717) is 0 Å². The minimum atomic E-state index is -0.845. The molecule has 0 aliphatic carbocycles. The molecule has 0 radical (unpaired) electrons. The van der Waals surface area contributed by atoms with E-state index in [0.717, 1.165) is 0 Å². The molecule has 0 bridgehead atoms. The van der Waals surface area contributed by atoms with Crippen LogP contribution in [0, 0.1) is 0 Å². The van der Waals surface area contributed by atoms with Crippen LogP contribution in [-0.2, 0) is 4.79 Å². The highest BCUT2D eigenvalue weighted by molar-refractivity contribution is 14.1. The van der Waals surface area contributed by atoms with Crippen LogP contribution in [0.1, 0.15) is 6.42 Å². The molecule has 0 aliphatic rings. The largest absolute Gasteiger partial charge is 0.481 e. The van der Waals surface area contributed by atoms with Gasteiger partial charge in [0.1, 0.15) is 0 Å². The predicted octanol–water partition coefficient (Wildman–Crippen LogP) is 0.181. The van der Waals surface area contributed by atoms with Crippen molar-refractivity contribution in [2.24, 2.45) is 5.73 Å². The van der Waals surface area contributed by atoms with Crippen molar-refractivity contribution in [2.75, 3.05) is 0 Å². The molecule has 0 heterocycles. The van der Waals surface area contributed by atoms with E-state index in [1.165, 1.54) is 0 Å². The topological polar surface area (TPSA) is 63.3 Å². The Bertz CT molecular complexity index is 73.3. The van der Waals surface area contributed by atoms with Crippen molar-refractivity contribution in [3.63, 3.8) is 0 Å². The summed E-state index contributed by atoms with van der Waals surface area (Å²) in [5, 5.41) is 8.00. The Morgan fingerprint density at radius 1 is 2.00 bits per heavy atom. The van der Waals surface area contributed by atoms with Gasteiger partial charge in [0.05, 0.1) is 10.5 Å². The molecule has 4 heteroatoms. The second-order valence-corrected chi connectivity index (χ2v) is 2.71. The van der Waals surface area contributed by atoms with Crippen LogP contribution in [0.5, 0.6) is 0 Å². The molecular formula is C3H6INO2. The fourth-order valence-corrected chi connectivity index (χ4v) is 0.544. The zero-order chi connectivity index (χ0) is 5.86. The highest BCUT2D eigenvalue weighted by Crippen LogP contribution is 1.95. The fourth-order valence-electron chi connectivity index (χ4n) is 0.167. The molecule has 0 aromatic carbocycles. The van der Waals surface area contributed by atoms with Crippen molar-refractivity contribution in [3.05, 3.63) is 0 Å². The molecular weight excluding hydrogens is 209 g/mol. The number of alkyl halides is 1. The Morgan fingerprint density at radius 3 is 2.43 bits per heavy atom. The number of aliphatic carboxylic acids is 1. The van der Waals surface area contributed by atoms with Crippen molar-refractivity contribution in [1.29, 1.82) is 0 Å². The van der Waals surface area contributed by atoms with E-state index in [-0.39, 0.29) is 10.5 Å². The average Bonchev–Trinajstić information content (AvgIpc) is 1.27. The molecule has 42 valence electrons. The van der Waals surface area contributed by atoms with Gasteiger partial charge in [0.2, 0.25) is 0 Å². The van der Waals surface area contributed by atoms with Gasteiger partial charge in [0.25, 0.3) is 0 Å². The van der Waals surface area contributed by atoms with Crippen LogP contribution in [0.4, 0.5) is 0 Å². The van der Waals surface area contributed by atoms with Crippen LogP contribution in [-0.4, -0.2) is 15.1 Å². The molecule has 0 aromatic heterocycles. The third-order valence-electron chi connectivity index (χ3n) is 0.370. The van der Waals surface area contributed by atoms with Crippen LogP contribution in [0.25, 0.3) is 0 Å². The molecule has 1 atom stereocenters. The number of halogens is 1. The third kappa shape index (κ3) is 6.16. The Hall–Kier alpha value is 0.160. The molecule has 3 N–H and O–H groups in total. The van der Waals surface area contributed by atoms with Crippen molar-refractivity contribution in [3.8, 4) is 0 Å². The van der Waals surface area contributed by atoms with Crippen LogP contribution >= 0.6 is 22.6 Å². The van der Waals surface area contributed by atoms with Crippen LogP contribution in [0.2, 0.25) is 0 Å². The van der Waals surface area contributed by atoms with Gasteiger partial charge in [0, 0.05) is 0 Å². The predicted molar refractivity (Wildman–Crippen MR) is 34.2 cm³/mol. The van der Waals surface area contributed by atoms with Crippen molar-refractivity contribution in [1.82, 2.24) is 0 Å². The van der Waals surface area contributed by atoms with Crippen LogP contribution in [0.15, 0.2) is 0 Å². The Morgan fingerprint density at radius 2 is 2.43 bits per heavy atom. The summed E-state index contributed by atoms with van der Waals surface area (Å²) in [4.78, 5) is 9.72. The number of carboxylic acids is 1. The lowest BCUT2D eigenvalue weighted by Crippen LogP contribution is -2.15. The summed E-state index contributed by atoms with van der Waals surface area (Å²) in [6.07, 6.45) is 0.0422. The summed E-state index contributed by atoms with van der Waals surface area (Å²) < 4.78 is -0.255. The molecule has 0 amide bonds. The fraction of sp³-hybridized carbons (Fsp3) is 0.667. The first-order valence-electron chi connectivity index (χ1n) is 1.74. The van der Waals surface area contributed by atoms with Gasteiger partial charge in [-0.05, 0) is 0 Å². The number of carboxylic acid groups (broad SMARTS) is 1. The molecule has 1 unspecified atom stereocenters. The quantitative estimate of drug-likeness (QED) is 0.392. The summed E-state index contributed by atoms with van der Waals surface area (Å²) in [6, 6.07) is 0. The number of carbonyl (C=O) groups is 1.